The maximum absolute atomic E-state index is 15.2. The lowest BCUT2D eigenvalue weighted by atomic mass is 9.51. The Labute approximate surface area is 326 Å². The third kappa shape index (κ3) is 4.95. The molecule has 0 radical (unpaired) electrons. The van der Waals surface area contributed by atoms with E-state index in [0.29, 0.717) is 40.0 Å². The summed E-state index contributed by atoms with van der Waals surface area (Å²) in [5.74, 6) is -4.12. The third-order valence-electron chi connectivity index (χ3n) is 12.4. The van der Waals surface area contributed by atoms with E-state index >= 15 is 4.79 Å². The quantitative estimate of drug-likeness (QED) is 0.137. The van der Waals surface area contributed by atoms with Crippen LogP contribution in [0, 0.1) is 36.0 Å². The highest BCUT2D eigenvalue weighted by molar-refractivity contribution is 7.22. The molecule has 12 heteroatoms. The van der Waals surface area contributed by atoms with E-state index < -0.39 is 40.9 Å². The van der Waals surface area contributed by atoms with Gasteiger partial charge in [-0.3, -0.25) is 28.8 Å². The number of aromatic hydroxyl groups is 1. The molecule has 1 saturated carbocycles. The van der Waals surface area contributed by atoms with Crippen LogP contribution >= 0.6 is 22.9 Å². The van der Waals surface area contributed by atoms with Gasteiger partial charge in [-0.2, -0.15) is 5.10 Å². The Hall–Kier alpha value is -5.52. The molecular formula is C43H37ClN4O6S. The SMILES string of the molecule is C=Cc1ccc(N2C(=O)C3CC=C4C(CC5C(=O)N(c6cc(-c7sc8ccc(Cl)cc8c7C)nn6C)C(=O)C5(C)C4c4ccc(O)cc4OC)C3C2=O)cc1. The maximum Gasteiger partial charge on any atom is 0.242 e. The number of hydrogen-bond donors (Lipinski definition) is 1. The molecular weight excluding hydrogens is 736 g/mol. The van der Waals surface area contributed by atoms with Crippen LogP contribution in [0.4, 0.5) is 11.5 Å². The Morgan fingerprint density at radius 1 is 0.982 bits per heavy atom. The van der Waals surface area contributed by atoms with Gasteiger partial charge in [0.15, 0.2) is 0 Å². The van der Waals surface area contributed by atoms with E-state index in [1.165, 1.54) is 29.0 Å². The molecule has 2 aromatic heterocycles. The Kier molecular flexibility index (Phi) is 8.00. The van der Waals surface area contributed by atoms with Crippen molar-refractivity contribution in [2.24, 2.45) is 36.1 Å². The van der Waals surface area contributed by atoms with Crippen molar-refractivity contribution < 1.29 is 29.0 Å². The number of amides is 4. The molecule has 0 bridgehead atoms. The summed E-state index contributed by atoms with van der Waals surface area (Å²) in [5, 5.41) is 16.9. The molecule has 278 valence electrons. The number of phenols is 1. The number of rotatable bonds is 6. The fraction of sp³-hybridized carbons (Fsp3) is 0.279. The number of ether oxygens (including phenoxy) is 1. The van der Waals surface area contributed by atoms with E-state index in [4.69, 9.17) is 21.4 Å². The predicted octanol–water partition coefficient (Wildman–Crippen LogP) is 8.06. The molecule has 2 aliphatic carbocycles. The van der Waals surface area contributed by atoms with Crippen LogP contribution in [0.2, 0.25) is 5.02 Å². The average Bonchev–Trinajstić information content (AvgIpc) is 3.85. The van der Waals surface area contributed by atoms with Crippen molar-refractivity contribution in [2.75, 3.05) is 16.9 Å². The summed E-state index contributed by atoms with van der Waals surface area (Å²) in [6, 6.07) is 19.4. The highest BCUT2D eigenvalue weighted by atomic mass is 35.5. The van der Waals surface area contributed by atoms with E-state index in [-0.39, 0.29) is 29.9 Å². The molecule has 5 aromatic rings. The number of carbonyl (C=O) groups is 4. The summed E-state index contributed by atoms with van der Waals surface area (Å²) in [6.45, 7) is 7.63. The normalized spacial score (nSPS) is 26.0. The lowest BCUT2D eigenvalue weighted by molar-refractivity contribution is -0.131. The summed E-state index contributed by atoms with van der Waals surface area (Å²) < 4.78 is 8.41. The van der Waals surface area contributed by atoms with Gasteiger partial charge in [0.2, 0.25) is 23.6 Å². The van der Waals surface area contributed by atoms with Gasteiger partial charge < -0.3 is 9.84 Å². The average molecular weight is 773 g/mol. The second-order valence-electron chi connectivity index (χ2n) is 15.1. The number of carbonyl (C=O) groups excluding carboxylic acids is 4. The van der Waals surface area contributed by atoms with Crippen molar-refractivity contribution in [1.29, 1.82) is 0 Å². The van der Waals surface area contributed by atoms with Crippen molar-refractivity contribution in [2.45, 2.75) is 32.6 Å². The molecule has 55 heavy (non-hydrogen) atoms. The summed E-state index contributed by atoms with van der Waals surface area (Å²) in [5.41, 5.74) is 3.10. The van der Waals surface area contributed by atoms with Gasteiger partial charge in [0.05, 0.1) is 40.8 Å². The first-order chi connectivity index (χ1) is 26.4. The second-order valence-corrected chi connectivity index (χ2v) is 16.6. The van der Waals surface area contributed by atoms with Gasteiger partial charge in [-0.15, -0.1) is 11.3 Å². The van der Waals surface area contributed by atoms with E-state index in [1.807, 2.05) is 50.3 Å². The van der Waals surface area contributed by atoms with E-state index in [9.17, 15) is 19.5 Å². The first kappa shape index (κ1) is 35.2. The van der Waals surface area contributed by atoms with Gasteiger partial charge >= 0.3 is 0 Å². The highest BCUT2D eigenvalue weighted by Crippen LogP contribution is 2.64. The molecule has 4 heterocycles. The fourth-order valence-electron chi connectivity index (χ4n) is 9.75. The zero-order chi connectivity index (χ0) is 38.7. The lowest BCUT2D eigenvalue weighted by Gasteiger charge is -2.49. The number of fused-ring (bicyclic) bond motifs is 5. The smallest absolute Gasteiger partial charge is 0.242 e. The highest BCUT2D eigenvalue weighted by Gasteiger charge is 2.68. The van der Waals surface area contributed by atoms with Crippen LogP contribution in [0.15, 0.2) is 85.0 Å². The minimum atomic E-state index is -1.31. The molecule has 4 aliphatic rings. The number of hydrogen-bond acceptors (Lipinski definition) is 8. The standard InChI is InChI=1S/C43H37ClN4O6S/c1-6-22-7-10-24(11-8-22)47-39(50)28-15-14-26-30(36(28)41(47)52)19-31-40(51)48(42(53)43(31,3)37(26)27-13-12-25(49)18-33(27)54-5)35-20-32(45-46(35)4)38-21(2)29-17-23(44)9-16-34(29)55-38/h6-14,16-18,20,28,30-31,36-37,49H,1,15,19H2,2-5H3. The Bertz CT molecular complexity index is 2550. The molecule has 1 N–H and O–H groups in total. The monoisotopic (exact) mass is 772 g/mol. The van der Waals surface area contributed by atoms with Crippen molar-refractivity contribution in [3.8, 4) is 22.1 Å². The predicted molar refractivity (Wildman–Crippen MR) is 212 cm³/mol. The van der Waals surface area contributed by atoms with Gasteiger partial charge in [-0.1, -0.05) is 54.1 Å². The van der Waals surface area contributed by atoms with Crippen molar-refractivity contribution in [3.05, 3.63) is 107 Å². The number of aryl methyl sites for hydroxylation is 2. The number of anilines is 2. The summed E-state index contributed by atoms with van der Waals surface area (Å²) in [6.07, 6.45) is 4.20. The third-order valence-corrected chi connectivity index (χ3v) is 13.9. The first-order valence-corrected chi connectivity index (χ1v) is 19.3. The number of imide groups is 2. The Morgan fingerprint density at radius 3 is 2.47 bits per heavy atom. The number of aromatic nitrogens is 2. The second kappa shape index (κ2) is 12.5. The molecule has 10 nitrogen and oxygen atoms in total. The van der Waals surface area contributed by atoms with E-state index in [2.05, 4.69) is 6.58 Å². The van der Waals surface area contributed by atoms with Crippen LogP contribution in [-0.4, -0.2) is 45.6 Å². The van der Waals surface area contributed by atoms with E-state index in [1.54, 1.807) is 53.4 Å². The number of nitrogens with zero attached hydrogens (tertiary/aromatic N) is 4. The minimum absolute atomic E-state index is 0.0151. The number of halogens is 1. The van der Waals surface area contributed by atoms with Crippen molar-refractivity contribution in [3.63, 3.8) is 0 Å². The maximum atomic E-state index is 15.2. The van der Waals surface area contributed by atoms with Crippen LogP contribution in [0.3, 0.4) is 0 Å². The van der Waals surface area contributed by atoms with Crippen molar-refractivity contribution >= 4 is 74.2 Å². The van der Waals surface area contributed by atoms with Crippen molar-refractivity contribution in [1.82, 2.24) is 9.78 Å². The first-order valence-electron chi connectivity index (χ1n) is 18.2. The topological polar surface area (TPSA) is 122 Å². The van der Waals surface area contributed by atoms with Gasteiger partial charge in [0.1, 0.15) is 23.0 Å². The van der Waals surface area contributed by atoms with Crippen LogP contribution < -0.4 is 14.5 Å². The molecule has 6 atom stereocenters. The van der Waals surface area contributed by atoms with Gasteiger partial charge in [-0.25, -0.2) is 4.90 Å². The minimum Gasteiger partial charge on any atom is -0.508 e. The zero-order valence-corrected chi connectivity index (χ0v) is 32.1. The van der Waals surface area contributed by atoms with Gasteiger partial charge in [0, 0.05) is 40.4 Å². The number of benzene rings is 3. The van der Waals surface area contributed by atoms with Gasteiger partial charge in [-0.05, 0) is 85.5 Å². The van der Waals surface area contributed by atoms with E-state index in [0.717, 1.165) is 31.7 Å². The molecule has 2 aliphatic heterocycles. The molecule has 3 fully saturated rings. The molecule has 3 aromatic carbocycles. The molecule has 9 rings (SSSR count). The summed E-state index contributed by atoms with van der Waals surface area (Å²) >= 11 is 7.89. The molecule has 4 amide bonds. The zero-order valence-electron chi connectivity index (χ0n) is 30.6. The number of phenolic OH excluding ortho intramolecular Hbond substituents is 1. The molecule has 2 saturated heterocycles. The number of allylic oxidation sites excluding steroid dienone is 2. The van der Waals surface area contributed by atoms with Crippen LogP contribution in [0.25, 0.3) is 26.7 Å². The summed E-state index contributed by atoms with van der Waals surface area (Å²) in [7, 11) is 3.21. The van der Waals surface area contributed by atoms with Crippen LogP contribution in [0.1, 0.15) is 42.4 Å². The summed E-state index contributed by atoms with van der Waals surface area (Å²) in [4.78, 5) is 62.1. The molecule has 6 unspecified atom stereocenters. The Morgan fingerprint density at radius 2 is 1.75 bits per heavy atom. The molecule has 0 spiro atoms. The lowest BCUT2D eigenvalue weighted by Crippen LogP contribution is -2.49. The van der Waals surface area contributed by atoms with Crippen LogP contribution in [-0.2, 0) is 26.2 Å². The fourth-order valence-corrected chi connectivity index (χ4v) is 11.1. The van der Waals surface area contributed by atoms with Gasteiger partial charge in [0.25, 0.3) is 0 Å². The Balaban J connectivity index is 1.16. The largest absolute Gasteiger partial charge is 0.508 e. The van der Waals surface area contributed by atoms with Crippen LogP contribution in [0.5, 0.6) is 11.5 Å². The number of methoxy groups -OCH3 is 1. The number of thiophene rings is 1.